The summed E-state index contributed by atoms with van der Waals surface area (Å²) in [6.07, 6.45) is 10.2. The van der Waals surface area contributed by atoms with Crippen LogP contribution in [0, 0.1) is 0 Å². The molecular weight excluding hydrogens is 746 g/mol. The van der Waals surface area contributed by atoms with E-state index in [4.69, 9.17) is 47.8 Å². The van der Waals surface area contributed by atoms with Crippen LogP contribution in [0.4, 0.5) is 0 Å². The first-order chi connectivity index (χ1) is 24.2. The summed E-state index contributed by atoms with van der Waals surface area (Å²) in [5, 5.41) is 47.6. The molecule has 2 fully saturated rings. The minimum absolute atomic E-state index is 0.0209. The normalized spacial score (nSPS) is 17.5. The summed E-state index contributed by atoms with van der Waals surface area (Å²) in [6.45, 7) is 1.59. The molecular formula is C36H36BBrCl2N4O6. The van der Waals surface area contributed by atoms with Crippen LogP contribution in [-0.2, 0) is 9.47 Å². The van der Waals surface area contributed by atoms with Gasteiger partial charge in [-0.25, -0.2) is 9.36 Å². The van der Waals surface area contributed by atoms with Gasteiger partial charge in [0.05, 0.1) is 33.5 Å². The Hall–Kier alpha value is -3.62. The maximum absolute atomic E-state index is 9.45. The van der Waals surface area contributed by atoms with Gasteiger partial charge in [0.2, 0.25) is 0 Å². The van der Waals surface area contributed by atoms with Crippen LogP contribution in [0.5, 0.6) is 11.5 Å². The molecule has 2 aliphatic rings. The van der Waals surface area contributed by atoms with Crippen molar-refractivity contribution in [2.75, 3.05) is 13.2 Å². The summed E-state index contributed by atoms with van der Waals surface area (Å²) < 4.78 is 16.4. The number of ether oxygens (including phenoxy) is 2. The smallest absolute Gasteiger partial charge is 0.488 e. The van der Waals surface area contributed by atoms with Crippen LogP contribution in [-0.4, -0.2) is 60.2 Å². The first kappa shape index (κ1) is 36.2. The fourth-order valence-corrected chi connectivity index (χ4v) is 7.04. The van der Waals surface area contributed by atoms with Gasteiger partial charge in [-0.15, -0.1) is 0 Å². The van der Waals surface area contributed by atoms with Crippen molar-refractivity contribution in [2.45, 2.75) is 51.0 Å². The number of nitrogens with zero attached hydrogens (tertiary/aromatic N) is 4. The van der Waals surface area contributed by atoms with E-state index in [1.807, 2.05) is 45.9 Å². The highest BCUT2D eigenvalue weighted by Crippen LogP contribution is 2.35. The molecule has 0 saturated carbocycles. The molecule has 0 spiro atoms. The lowest BCUT2D eigenvalue weighted by Crippen LogP contribution is -2.29. The fourth-order valence-electron chi connectivity index (χ4n) is 5.93. The van der Waals surface area contributed by atoms with E-state index in [0.29, 0.717) is 10.5 Å². The maximum atomic E-state index is 9.45. The second-order valence-electron chi connectivity index (χ2n) is 12.0. The lowest BCUT2D eigenvalue weighted by atomic mass is 9.80. The second-order valence-corrected chi connectivity index (χ2v) is 13.8. The van der Waals surface area contributed by atoms with Gasteiger partial charge in [-0.1, -0.05) is 63.4 Å². The lowest BCUT2D eigenvalue weighted by Gasteiger charge is -2.23. The van der Waals surface area contributed by atoms with Gasteiger partial charge in [0.25, 0.3) is 0 Å². The van der Waals surface area contributed by atoms with Crippen molar-refractivity contribution >= 4 is 73.5 Å². The number of aromatic hydroxyl groups is 2. The third-order valence-electron chi connectivity index (χ3n) is 8.55. The SMILES string of the molecule is Clc1cc(Br)cc2c1cnn2C1CCCCO1.OB(O)c1ccc(O)cc1.Oc1ccc(-c2cc(Cl)c3cnn(C4CCCCO4)c3c2)cc1. The molecule has 4 aromatic carbocycles. The average molecular weight is 782 g/mol. The Morgan fingerprint density at radius 3 is 1.66 bits per heavy atom. The number of hydrogen-bond acceptors (Lipinski definition) is 8. The fraction of sp³-hybridized carbons (Fsp3) is 0.278. The number of phenols is 2. The van der Waals surface area contributed by atoms with Crippen LogP contribution in [0.1, 0.15) is 51.0 Å². The molecule has 14 heteroatoms. The maximum Gasteiger partial charge on any atom is 0.488 e. The molecule has 10 nitrogen and oxygen atoms in total. The van der Waals surface area contributed by atoms with Gasteiger partial charge < -0.3 is 29.7 Å². The van der Waals surface area contributed by atoms with Crippen LogP contribution < -0.4 is 5.46 Å². The van der Waals surface area contributed by atoms with Gasteiger partial charge in [-0.2, -0.15) is 10.2 Å². The molecule has 0 amide bonds. The Morgan fingerprint density at radius 2 is 1.16 bits per heavy atom. The molecule has 8 rings (SSSR count). The van der Waals surface area contributed by atoms with Gasteiger partial charge in [-0.3, -0.25) is 0 Å². The van der Waals surface area contributed by atoms with Crippen molar-refractivity contribution in [1.29, 1.82) is 0 Å². The molecule has 0 bridgehead atoms. The molecule has 6 aromatic rings. The van der Waals surface area contributed by atoms with Crippen molar-refractivity contribution in [3.05, 3.63) is 99.7 Å². The van der Waals surface area contributed by atoms with E-state index in [0.717, 1.165) is 87.7 Å². The van der Waals surface area contributed by atoms with Crippen LogP contribution in [0.25, 0.3) is 32.9 Å². The molecule has 0 aliphatic carbocycles. The highest BCUT2D eigenvalue weighted by atomic mass is 79.9. The van der Waals surface area contributed by atoms with Crippen LogP contribution in [0.2, 0.25) is 10.0 Å². The summed E-state index contributed by atoms with van der Waals surface area (Å²) in [6, 6.07) is 20.7. The first-order valence-electron chi connectivity index (χ1n) is 16.3. The molecule has 260 valence electrons. The van der Waals surface area contributed by atoms with Crippen molar-refractivity contribution in [1.82, 2.24) is 19.6 Å². The van der Waals surface area contributed by atoms with E-state index in [2.05, 4.69) is 32.2 Å². The molecule has 2 aromatic heterocycles. The summed E-state index contributed by atoms with van der Waals surface area (Å²) in [5.74, 6) is 0.367. The molecule has 0 radical (unpaired) electrons. The van der Waals surface area contributed by atoms with Crippen molar-refractivity contribution in [2.24, 2.45) is 0 Å². The van der Waals surface area contributed by atoms with Gasteiger partial charge in [0.15, 0.2) is 12.5 Å². The largest absolute Gasteiger partial charge is 0.508 e. The number of aromatic nitrogens is 4. The quantitative estimate of drug-likeness (QED) is 0.132. The van der Waals surface area contributed by atoms with Crippen molar-refractivity contribution in [3.63, 3.8) is 0 Å². The lowest BCUT2D eigenvalue weighted by molar-refractivity contribution is -0.0367. The van der Waals surface area contributed by atoms with E-state index in [-0.39, 0.29) is 24.0 Å². The minimum atomic E-state index is -1.46. The molecule has 4 N–H and O–H groups in total. The van der Waals surface area contributed by atoms with Crippen LogP contribution in [0.3, 0.4) is 0 Å². The summed E-state index contributed by atoms with van der Waals surface area (Å²) in [7, 11) is -1.46. The summed E-state index contributed by atoms with van der Waals surface area (Å²) in [4.78, 5) is 0. The Labute approximate surface area is 308 Å². The van der Waals surface area contributed by atoms with E-state index in [1.54, 1.807) is 18.3 Å². The highest BCUT2D eigenvalue weighted by molar-refractivity contribution is 9.10. The Bertz CT molecular complexity index is 2030. The summed E-state index contributed by atoms with van der Waals surface area (Å²) in [5.41, 5.74) is 4.38. The highest BCUT2D eigenvalue weighted by Gasteiger charge is 2.21. The molecule has 50 heavy (non-hydrogen) atoms. The van der Waals surface area contributed by atoms with Crippen molar-refractivity contribution in [3.8, 4) is 22.6 Å². The van der Waals surface area contributed by atoms with E-state index < -0.39 is 7.12 Å². The number of rotatable bonds is 4. The predicted octanol–water partition coefficient (Wildman–Crippen LogP) is 7.98. The molecule has 2 unspecified atom stereocenters. The van der Waals surface area contributed by atoms with Gasteiger partial charge in [0, 0.05) is 28.5 Å². The van der Waals surface area contributed by atoms with Gasteiger partial charge in [0.1, 0.15) is 11.5 Å². The van der Waals surface area contributed by atoms with E-state index in [1.165, 1.54) is 30.7 Å². The minimum Gasteiger partial charge on any atom is -0.508 e. The first-order valence-corrected chi connectivity index (χ1v) is 17.9. The van der Waals surface area contributed by atoms with Crippen LogP contribution >= 0.6 is 39.1 Å². The molecule has 2 atom stereocenters. The number of hydrogen-bond donors (Lipinski definition) is 4. The van der Waals surface area contributed by atoms with Crippen molar-refractivity contribution < 1.29 is 29.7 Å². The topological polar surface area (TPSA) is 135 Å². The number of benzene rings is 4. The number of phenolic OH excluding ortho intramolecular Hbond substituents is 2. The monoisotopic (exact) mass is 780 g/mol. The van der Waals surface area contributed by atoms with Gasteiger partial charge >= 0.3 is 7.12 Å². The third kappa shape index (κ3) is 8.63. The van der Waals surface area contributed by atoms with E-state index >= 15 is 0 Å². The average Bonchev–Trinajstić information content (AvgIpc) is 3.76. The standard InChI is InChI=1S/C18H17ClN2O2.C12H12BrClN2O.C6H7BO3/c19-16-9-13(12-4-6-14(22)7-5-12)10-17-15(16)11-20-21(17)18-3-1-2-8-23-18;13-8-5-10(14)9-7-15-16(11(9)6-8)12-3-1-2-4-17-12;8-6-3-1-5(2-4-6)7(9)10/h4-7,9-11,18,22H,1-3,8H2;5-7,12H,1-4H2;1-4,8-10H. The third-order valence-corrected chi connectivity index (χ3v) is 9.63. The predicted molar refractivity (Wildman–Crippen MR) is 200 cm³/mol. The Kier molecular flexibility index (Phi) is 12.0. The number of halogens is 3. The zero-order chi connectivity index (χ0) is 35.2. The Morgan fingerprint density at radius 1 is 0.660 bits per heavy atom. The van der Waals surface area contributed by atoms with Gasteiger partial charge in [-0.05, 0) is 104 Å². The zero-order valence-electron chi connectivity index (χ0n) is 27.0. The number of fused-ring (bicyclic) bond motifs is 2. The molecule has 4 heterocycles. The zero-order valence-corrected chi connectivity index (χ0v) is 30.1. The molecule has 2 aliphatic heterocycles. The van der Waals surface area contributed by atoms with E-state index in [9.17, 15) is 5.11 Å². The molecule has 2 saturated heterocycles. The van der Waals surface area contributed by atoms with Crippen LogP contribution in [0.15, 0.2) is 89.7 Å². The summed E-state index contributed by atoms with van der Waals surface area (Å²) >= 11 is 16.1. The Balaban J connectivity index is 0.000000141. The second kappa shape index (κ2) is 16.6.